The lowest BCUT2D eigenvalue weighted by atomic mass is 9.86. The molecule has 7 aromatic carbocycles. The maximum absolute atomic E-state index is 3.69. The summed E-state index contributed by atoms with van der Waals surface area (Å²) in [5, 5.41) is 15.9. The summed E-state index contributed by atoms with van der Waals surface area (Å²) in [5.74, 6) is 0. The quantitative estimate of drug-likeness (QED) is 0.178. The number of H-pyrrole nitrogens is 2. The SMILES string of the molecule is c1ccc2c(c1)[nH]c1cc3cccc4c3c(c3cccc5cc6[nH]c7ccccc7c6c4c53)c12. The van der Waals surface area contributed by atoms with Crippen molar-refractivity contribution in [2.45, 2.75) is 0 Å². The minimum atomic E-state index is 1.19. The van der Waals surface area contributed by atoms with Crippen molar-refractivity contribution < 1.29 is 0 Å². The van der Waals surface area contributed by atoms with Crippen LogP contribution in [0.3, 0.4) is 0 Å². The zero-order valence-corrected chi connectivity index (χ0v) is 18.2. The minimum absolute atomic E-state index is 1.19. The number of rotatable bonds is 0. The summed E-state index contributed by atoms with van der Waals surface area (Å²) < 4.78 is 0. The van der Waals surface area contributed by atoms with Gasteiger partial charge in [-0.15, -0.1) is 0 Å². The molecule has 2 N–H and O–H groups in total. The lowest BCUT2D eigenvalue weighted by Gasteiger charge is -2.16. The zero-order valence-electron chi connectivity index (χ0n) is 18.2. The van der Waals surface area contributed by atoms with Gasteiger partial charge in [0.1, 0.15) is 0 Å². The molecule has 0 unspecified atom stereocenters. The van der Waals surface area contributed by atoms with Crippen LogP contribution in [0.4, 0.5) is 0 Å². The first-order chi connectivity index (χ1) is 16.9. The Kier molecular flexibility index (Phi) is 2.83. The van der Waals surface area contributed by atoms with Crippen LogP contribution in [0.25, 0.3) is 86.7 Å². The molecule has 0 aliphatic heterocycles. The number of hydrogen-bond acceptors (Lipinski definition) is 0. The second-order valence-corrected chi connectivity index (χ2v) is 9.50. The second-order valence-electron chi connectivity index (χ2n) is 9.50. The Bertz CT molecular complexity index is 2110. The van der Waals surface area contributed by atoms with E-state index in [-0.39, 0.29) is 0 Å². The number of aromatic amines is 2. The maximum Gasteiger partial charge on any atom is 0.0477 e. The van der Waals surface area contributed by atoms with E-state index in [0.29, 0.717) is 0 Å². The molecule has 2 nitrogen and oxygen atoms in total. The summed E-state index contributed by atoms with van der Waals surface area (Å²) in [6.45, 7) is 0. The van der Waals surface area contributed by atoms with E-state index in [4.69, 9.17) is 0 Å². The van der Waals surface area contributed by atoms with Gasteiger partial charge in [-0.1, -0.05) is 72.8 Å². The van der Waals surface area contributed by atoms with Crippen molar-refractivity contribution in [2.75, 3.05) is 0 Å². The third kappa shape index (κ3) is 1.86. The Morgan fingerprint density at radius 3 is 1.26 bits per heavy atom. The number of hydrogen-bond donors (Lipinski definition) is 2. The Morgan fingerprint density at radius 2 is 0.765 bits per heavy atom. The van der Waals surface area contributed by atoms with Crippen molar-refractivity contribution in [1.29, 1.82) is 0 Å². The van der Waals surface area contributed by atoms with Gasteiger partial charge < -0.3 is 9.97 Å². The minimum Gasteiger partial charge on any atom is -0.354 e. The third-order valence-corrected chi connectivity index (χ3v) is 7.80. The van der Waals surface area contributed by atoms with E-state index in [0.717, 1.165) is 0 Å². The van der Waals surface area contributed by atoms with Gasteiger partial charge >= 0.3 is 0 Å². The molecule has 156 valence electrons. The molecule has 9 aromatic rings. The van der Waals surface area contributed by atoms with Crippen molar-refractivity contribution in [3.8, 4) is 0 Å². The molecule has 0 saturated carbocycles. The molecular weight excluding hydrogens is 412 g/mol. The highest BCUT2D eigenvalue weighted by Crippen LogP contribution is 2.48. The number of benzene rings is 7. The second kappa shape index (κ2) is 5.67. The van der Waals surface area contributed by atoms with Crippen molar-refractivity contribution in [2.24, 2.45) is 0 Å². The molecule has 0 aliphatic carbocycles. The van der Waals surface area contributed by atoms with Gasteiger partial charge in [0.15, 0.2) is 0 Å². The largest absolute Gasteiger partial charge is 0.354 e. The molecule has 9 rings (SSSR count). The topological polar surface area (TPSA) is 31.6 Å². The normalized spacial score (nSPS) is 12.7. The van der Waals surface area contributed by atoms with Gasteiger partial charge in [-0.05, 0) is 56.6 Å². The van der Waals surface area contributed by atoms with Gasteiger partial charge in [0.2, 0.25) is 0 Å². The van der Waals surface area contributed by atoms with Crippen LogP contribution in [0.15, 0.2) is 97.1 Å². The predicted molar refractivity (Wildman–Crippen MR) is 146 cm³/mol. The van der Waals surface area contributed by atoms with Gasteiger partial charge in [0.25, 0.3) is 0 Å². The average Bonchev–Trinajstić information content (AvgIpc) is 3.43. The van der Waals surface area contributed by atoms with E-state index in [1.807, 2.05) is 0 Å². The molecule has 0 spiro atoms. The van der Waals surface area contributed by atoms with Crippen molar-refractivity contribution in [3.05, 3.63) is 97.1 Å². The highest BCUT2D eigenvalue weighted by atomic mass is 14.7. The molecule has 2 heteroatoms. The van der Waals surface area contributed by atoms with Crippen LogP contribution < -0.4 is 0 Å². The van der Waals surface area contributed by atoms with Crippen LogP contribution in [0.5, 0.6) is 0 Å². The first kappa shape index (κ1) is 17.0. The lowest BCUT2D eigenvalue weighted by Crippen LogP contribution is -1.89. The molecule has 0 amide bonds. The molecule has 2 aromatic heterocycles. The van der Waals surface area contributed by atoms with Crippen LogP contribution in [0, 0.1) is 0 Å². The van der Waals surface area contributed by atoms with Crippen LogP contribution in [0.1, 0.15) is 0 Å². The highest BCUT2D eigenvalue weighted by Gasteiger charge is 2.20. The number of fused-ring (bicyclic) bond motifs is 10. The van der Waals surface area contributed by atoms with Gasteiger partial charge in [-0.25, -0.2) is 0 Å². The van der Waals surface area contributed by atoms with Crippen LogP contribution in [-0.4, -0.2) is 9.97 Å². The fraction of sp³-hybridized carbons (Fsp3) is 0. The molecule has 0 bridgehead atoms. The van der Waals surface area contributed by atoms with Gasteiger partial charge in [0.05, 0.1) is 0 Å². The van der Waals surface area contributed by atoms with E-state index in [1.165, 1.54) is 86.7 Å². The number of para-hydroxylation sites is 2. The Labute approximate surface area is 193 Å². The third-order valence-electron chi connectivity index (χ3n) is 7.80. The summed E-state index contributed by atoms with van der Waals surface area (Å²) in [4.78, 5) is 7.38. The van der Waals surface area contributed by atoms with Crippen LogP contribution in [0.2, 0.25) is 0 Å². The molecule has 0 aliphatic rings. The summed E-state index contributed by atoms with van der Waals surface area (Å²) in [6.07, 6.45) is 0. The van der Waals surface area contributed by atoms with Crippen LogP contribution >= 0.6 is 0 Å². The van der Waals surface area contributed by atoms with E-state index in [1.54, 1.807) is 0 Å². The molecule has 0 saturated heterocycles. The number of aromatic nitrogens is 2. The standard InChI is InChI=1S/C32H18N2/c1-3-13-23-19(9-1)29-25(33-23)15-17-7-6-12-22-27(17)31(29)21-11-5-8-18-16-26-30(32(22)28(18)21)20-10-2-4-14-24(20)34-26/h1-16,33-34H. The molecule has 0 fully saturated rings. The number of nitrogens with one attached hydrogen (secondary N) is 2. The van der Waals surface area contributed by atoms with Gasteiger partial charge in [-0.2, -0.15) is 0 Å². The summed E-state index contributed by atoms with van der Waals surface area (Å²) >= 11 is 0. The fourth-order valence-corrected chi connectivity index (χ4v) is 6.54. The fourth-order valence-electron chi connectivity index (χ4n) is 6.54. The van der Waals surface area contributed by atoms with Gasteiger partial charge in [-0.3, -0.25) is 0 Å². The molecule has 0 radical (unpaired) electrons. The van der Waals surface area contributed by atoms with E-state index < -0.39 is 0 Å². The van der Waals surface area contributed by atoms with Gasteiger partial charge in [0, 0.05) is 54.4 Å². The summed E-state index contributed by atoms with van der Waals surface area (Å²) in [7, 11) is 0. The Hall–Kier alpha value is -4.56. The maximum atomic E-state index is 3.69. The Balaban J connectivity index is 1.72. The predicted octanol–water partition coefficient (Wildman–Crippen LogP) is 9.01. The zero-order chi connectivity index (χ0) is 22.0. The van der Waals surface area contributed by atoms with E-state index in [9.17, 15) is 0 Å². The smallest absolute Gasteiger partial charge is 0.0477 e. The van der Waals surface area contributed by atoms with E-state index >= 15 is 0 Å². The first-order valence-electron chi connectivity index (χ1n) is 11.8. The first-order valence-corrected chi connectivity index (χ1v) is 11.8. The average molecular weight is 431 g/mol. The molecule has 2 heterocycles. The van der Waals surface area contributed by atoms with Crippen molar-refractivity contribution in [3.63, 3.8) is 0 Å². The molecular formula is C32H18N2. The highest BCUT2D eigenvalue weighted by molar-refractivity contribution is 6.44. The summed E-state index contributed by atoms with van der Waals surface area (Å²) in [6, 6.07) is 35.6. The van der Waals surface area contributed by atoms with Crippen molar-refractivity contribution in [1.82, 2.24) is 9.97 Å². The monoisotopic (exact) mass is 430 g/mol. The molecule has 0 atom stereocenters. The molecule has 34 heavy (non-hydrogen) atoms. The van der Waals surface area contributed by atoms with Crippen molar-refractivity contribution >= 4 is 86.7 Å². The Morgan fingerprint density at radius 1 is 0.324 bits per heavy atom. The van der Waals surface area contributed by atoms with E-state index in [2.05, 4.69) is 107 Å². The summed E-state index contributed by atoms with van der Waals surface area (Å²) in [5.41, 5.74) is 4.79. The van der Waals surface area contributed by atoms with Crippen LogP contribution in [-0.2, 0) is 0 Å². The lowest BCUT2D eigenvalue weighted by molar-refractivity contribution is 1.55.